The van der Waals surface area contributed by atoms with E-state index in [2.05, 4.69) is 17.5 Å². The summed E-state index contributed by atoms with van der Waals surface area (Å²) in [7, 11) is 1.64. The fourth-order valence-electron chi connectivity index (χ4n) is 0.946. The quantitative estimate of drug-likeness (QED) is 0.501. The largest absolute Gasteiger partial charge is 0.359 e. The number of aryl methyl sites for hydroxylation is 1. The lowest BCUT2D eigenvalue weighted by molar-refractivity contribution is -0.0309. The molecule has 0 bridgehead atoms. The molecule has 0 unspecified atom stereocenters. The molecule has 0 aromatic carbocycles. The summed E-state index contributed by atoms with van der Waals surface area (Å²) >= 11 is 1.80. The summed E-state index contributed by atoms with van der Waals surface area (Å²) in [5.41, 5.74) is 0. The first-order chi connectivity index (χ1) is 5.93. The number of hydrogen-bond acceptors (Lipinski definition) is 3. The second kappa shape index (κ2) is 6.17. The molecule has 0 radical (unpaired) electrons. The van der Waals surface area contributed by atoms with E-state index in [9.17, 15) is 0 Å². The van der Waals surface area contributed by atoms with E-state index in [4.69, 9.17) is 9.47 Å². The molecule has 0 aliphatic heterocycles. The number of ether oxygens (including phenoxy) is 2. The first kappa shape index (κ1) is 9.71. The molecule has 0 fully saturated rings. The van der Waals surface area contributed by atoms with E-state index in [0.717, 1.165) is 19.4 Å². The van der Waals surface area contributed by atoms with Crippen LogP contribution in [0.25, 0.3) is 0 Å². The third-order valence-corrected chi connectivity index (χ3v) is 2.43. The number of hydrogen-bond donors (Lipinski definition) is 0. The molecule has 0 spiro atoms. The van der Waals surface area contributed by atoms with Gasteiger partial charge in [0.15, 0.2) is 0 Å². The van der Waals surface area contributed by atoms with Crippen LogP contribution in [0.5, 0.6) is 0 Å². The molecule has 2 nitrogen and oxygen atoms in total. The Morgan fingerprint density at radius 3 is 3.08 bits per heavy atom. The average molecular weight is 186 g/mol. The molecule has 0 N–H and O–H groups in total. The first-order valence-electron chi connectivity index (χ1n) is 4.02. The molecule has 0 amide bonds. The maximum Gasteiger partial charge on any atom is 0.146 e. The molecule has 1 aromatic rings. The molecule has 1 rings (SSSR count). The van der Waals surface area contributed by atoms with Crippen molar-refractivity contribution < 1.29 is 9.47 Å². The standard InChI is InChI=1S/C9H14O2S/c1-10-8-11-6-2-4-9-5-3-7-12-9/h3,5,7H,2,4,6,8H2,1H3. The first-order valence-corrected chi connectivity index (χ1v) is 4.90. The van der Waals surface area contributed by atoms with Crippen molar-refractivity contribution in [2.45, 2.75) is 12.8 Å². The van der Waals surface area contributed by atoms with Crippen LogP contribution in [0.4, 0.5) is 0 Å². The molecule has 0 aliphatic rings. The van der Waals surface area contributed by atoms with Gasteiger partial charge in [0.05, 0.1) is 0 Å². The summed E-state index contributed by atoms with van der Waals surface area (Å²) < 4.78 is 9.92. The van der Waals surface area contributed by atoms with E-state index < -0.39 is 0 Å². The number of thiophene rings is 1. The number of methoxy groups -OCH3 is 1. The van der Waals surface area contributed by atoms with Crippen molar-refractivity contribution in [3.63, 3.8) is 0 Å². The van der Waals surface area contributed by atoms with Gasteiger partial charge in [0.2, 0.25) is 0 Å². The van der Waals surface area contributed by atoms with Gasteiger partial charge in [-0.2, -0.15) is 0 Å². The van der Waals surface area contributed by atoms with E-state index in [1.807, 2.05) is 0 Å². The molecule has 1 heterocycles. The Bertz CT molecular complexity index is 184. The Balaban J connectivity index is 1.96. The highest BCUT2D eigenvalue weighted by Gasteiger charge is 1.93. The van der Waals surface area contributed by atoms with Gasteiger partial charge in [0.25, 0.3) is 0 Å². The van der Waals surface area contributed by atoms with Crippen LogP contribution in [-0.4, -0.2) is 20.5 Å². The summed E-state index contributed by atoms with van der Waals surface area (Å²) in [6.07, 6.45) is 2.19. The van der Waals surface area contributed by atoms with Crippen LogP contribution in [0.2, 0.25) is 0 Å². The average Bonchev–Trinajstić information content (AvgIpc) is 2.57. The van der Waals surface area contributed by atoms with Gasteiger partial charge in [-0.15, -0.1) is 11.3 Å². The predicted molar refractivity (Wildman–Crippen MR) is 50.5 cm³/mol. The lowest BCUT2D eigenvalue weighted by Crippen LogP contribution is -1.99. The fraction of sp³-hybridized carbons (Fsp3) is 0.556. The minimum Gasteiger partial charge on any atom is -0.359 e. The molecule has 68 valence electrons. The smallest absolute Gasteiger partial charge is 0.146 e. The summed E-state index contributed by atoms with van der Waals surface area (Å²) in [5, 5.41) is 2.10. The lowest BCUT2D eigenvalue weighted by Gasteiger charge is -2.00. The summed E-state index contributed by atoms with van der Waals surface area (Å²) in [5.74, 6) is 0. The zero-order valence-electron chi connectivity index (χ0n) is 7.29. The molecule has 12 heavy (non-hydrogen) atoms. The molecule has 0 aliphatic carbocycles. The monoisotopic (exact) mass is 186 g/mol. The third kappa shape index (κ3) is 3.85. The van der Waals surface area contributed by atoms with Crippen LogP contribution in [-0.2, 0) is 15.9 Å². The molecular formula is C9H14O2S. The third-order valence-electron chi connectivity index (χ3n) is 1.49. The van der Waals surface area contributed by atoms with Gasteiger partial charge in [-0.05, 0) is 24.3 Å². The van der Waals surface area contributed by atoms with E-state index in [1.165, 1.54) is 4.88 Å². The lowest BCUT2D eigenvalue weighted by atomic mass is 10.3. The molecule has 0 atom stereocenters. The minimum atomic E-state index is 0.407. The minimum absolute atomic E-state index is 0.407. The topological polar surface area (TPSA) is 18.5 Å². The Morgan fingerprint density at radius 2 is 2.42 bits per heavy atom. The zero-order chi connectivity index (χ0) is 8.65. The summed E-state index contributed by atoms with van der Waals surface area (Å²) in [4.78, 5) is 1.43. The van der Waals surface area contributed by atoms with Gasteiger partial charge in [-0.1, -0.05) is 6.07 Å². The molecule has 0 saturated heterocycles. The van der Waals surface area contributed by atoms with Crippen molar-refractivity contribution >= 4 is 11.3 Å². The fourth-order valence-corrected chi connectivity index (χ4v) is 1.70. The van der Waals surface area contributed by atoms with Crippen LogP contribution in [0, 0.1) is 0 Å². The maximum atomic E-state index is 5.16. The highest BCUT2D eigenvalue weighted by atomic mass is 32.1. The van der Waals surface area contributed by atoms with Crippen LogP contribution >= 0.6 is 11.3 Å². The molecule has 1 aromatic heterocycles. The Labute approximate surface area is 77.1 Å². The van der Waals surface area contributed by atoms with Crippen LogP contribution < -0.4 is 0 Å². The zero-order valence-corrected chi connectivity index (χ0v) is 8.10. The Hall–Kier alpha value is -0.380. The van der Waals surface area contributed by atoms with Gasteiger partial charge in [0.1, 0.15) is 6.79 Å². The second-order valence-corrected chi connectivity index (χ2v) is 3.53. The van der Waals surface area contributed by atoms with Crippen LogP contribution in [0.3, 0.4) is 0 Å². The van der Waals surface area contributed by atoms with E-state index in [1.54, 1.807) is 18.4 Å². The van der Waals surface area contributed by atoms with E-state index >= 15 is 0 Å². The van der Waals surface area contributed by atoms with Crippen LogP contribution in [0.1, 0.15) is 11.3 Å². The summed E-state index contributed by atoms with van der Waals surface area (Å²) in [6.45, 7) is 1.19. The molecule has 3 heteroatoms. The highest BCUT2D eigenvalue weighted by molar-refractivity contribution is 7.09. The van der Waals surface area contributed by atoms with Crippen molar-refractivity contribution in [3.05, 3.63) is 22.4 Å². The summed E-state index contributed by atoms with van der Waals surface area (Å²) in [6, 6.07) is 4.23. The van der Waals surface area contributed by atoms with E-state index in [-0.39, 0.29) is 0 Å². The van der Waals surface area contributed by atoms with Gasteiger partial charge < -0.3 is 9.47 Å². The van der Waals surface area contributed by atoms with E-state index in [0.29, 0.717) is 6.79 Å². The van der Waals surface area contributed by atoms with Crippen molar-refractivity contribution in [1.29, 1.82) is 0 Å². The van der Waals surface area contributed by atoms with Gasteiger partial charge >= 0.3 is 0 Å². The van der Waals surface area contributed by atoms with Crippen molar-refractivity contribution in [3.8, 4) is 0 Å². The Kier molecular flexibility index (Phi) is 4.99. The molecular weight excluding hydrogens is 172 g/mol. The van der Waals surface area contributed by atoms with Crippen molar-refractivity contribution in [2.24, 2.45) is 0 Å². The predicted octanol–water partition coefficient (Wildman–Crippen LogP) is 2.30. The SMILES string of the molecule is COCOCCCc1cccs1. The highest BCUT2D eigenvalue weighted by Crippen LogP contribution is 2.10. The number of rotatable bonds is 6. The van der Waals surface area contributed by atoms with Gasteiger partial charge in [0, 0.05) is 18.6 Å². The van der Waals surface area contributed by atoms with Crippen LogP contribution in [0.15, 0.2) is 17.5 Å². The van der Waals surface area contributed by atoms with Crippen molar-refractivity contribution in [1.82, 2.24) is 0 Å². The maximum absolute atomic E-state index is 5.16. The van der Waals surface area contributed by atoms with Crippen molar-refractivity contribution in [2.75, 3.05) is 20.5 Å². The molecule has 0 saturated carbocycles. The Morgan fingerprint density at radius 1 is 1.50 bits per heavy atom. The van der Waals surface area contributed by atoms with Gasteiger partial charge in [-0.25, -0.2) is 0 Å². The van der Waals surface area contributed by atoms with Gasteiger partial charge in [-0.3, -0.25) is 0 Å². The normalized spacial score (nSPS) is 10.4. The second-order valence-electron chi connectivity index (χ2n) is 2.50.